The first kappa shape index (κ1) is 16.4. The van der Waals surface area contributed by atoms with E-state index in [4.69, 9.17) is 11.6 Å². The third kappa shape index (κ3) is 2.95. The third-order valence-electron chi connectivity index (χ3n) is 6.38. The van der Waals surface area contributed by atoms with Gasteiger partial charge in [0.1, 0.15) is 0 Å². The van der Waals surface area contributed by atoms with Crippen molar-refractivity contribution in [2.75, 3.05) is 19.6 Å². The molecular formula is C23H25ClN2. The van der Waals surface area contributed by atoms with Crippen LogP contribution in [0.5, 0.6) is 0 Å². The number of likely N-dealkylation sites (tertiary alicyclic amines) is 1. The average Bonchev–Trinajstić information content (AvgIpc) is 3.27. The molecule has 3 aromatic rings. The van der Waals surface area contributed by atoms with Crippen molar-refractivity contribution in [3.05, 3.63) is 70.4 Å². The zero-order chi connectivity index (χ0) is 17.5. The van der Waals surface area contributed by atoms with Crippen molar-refractivity contribution in [1.82, 2.24) is 9.88 Å². The van der Waals surface area contributed by atoms with Crippen LogP contribution in [0.25, 0.3) is 10.9 Å². The van der Waals surface area contributed by atoms with Crippen LogP contribution in [0, 0.1) is 5.92 Å². The van der Waals surface area contributed by atoms with Gasteiger partial charge in [0.05, 0.1) is 10.5 Å². The summed E-state index contributed by atoms with van der Waals surface area (Å²) >= 11 is 6.33. The van der Waals surface area contributed by atoms with Crippen LogP contribution in [-0.4, -0.2) is 29.5 Å². The van der Waals surface area contributed by atoms with E-state index in [1.165, 1.54) is 56.3 Å². The number of piperidine rings is 1. The second-order valence-corrected chi connectivity index (χ2v) is 8.43. The summed E-state index contributed by atoms with van der Waals surface area (Å²) < 4.78 is 0. The Bertz CT molecular complexity index is 896. The predicted octanol–water partition coefficient (Wildman–Crippen LogP) is 5.42. The average molecular weight is 365 g/mol. The normalized spacial score (nSPS) is 19.3. The van der Waals surface area contributed by atoms with Crippen molar-refractivity contribution in [2.45, 2.75) is 31.6 Å². The summed E-state index contributed by atoms with van der Waals surface area (Å²) in [7, 11) is 0. The molecule has 3 heteroatoms. The minimum atomic E-state index is 0.652. The summed E-state index contributed by atoms with van der Waals surface area (Å²) in [6, 6.07) is 15.2. The molecule has 5 rings (SSSR count). The lowest BCUT2D eigenvalue weighted by Crippen LogP contribution is -2.36. The van der Waals surface area contributed by atoms with Crippen molar-refractivity contribution in [2.24, 2.45) is 5.92 Å². The zero-order valence-corrected chi connectivity index (χ0v) is 15.8. The van der Waals surface area contributed by atoms with Gasteiger partial charge in [-0.25, -0.2) is 0 Å². The van der Waals surface area contributed by atoms with Crippen LogP contribution in [-0.2, 0) is 12.8 Å². The molecule has 0 amide bonds. The van der Waals surface area contributed by atoms with Crippen LogP contribution in [0.15, 0.2) is 48.7 Å². The Morgan fingerprint density at radius 2 is 1.69 bits per heavy atom. The molecule has 26 heavy (non-hydrogen) atoms. The Labute approximate surface area is 160 Å². The third-order valence-corrected chi connectivity index (χ3v) is 6.69. The van der Waals surface area contributed by atoms with E-state index < -0.39 is 0 Å². The SMILES string of the molecule is Clc1cccc2c(C3CCN(CC4Cc5ccccc5C4)CC3)c[nH]c12. The molecule has 134 valence electrons. The highest BCUT2D eigenvalue weighted by Crippen LogP contribution is 2.36. The Morgan fingerprint density at radius 3 is 2.42 bits per heavy atom. The summed E-state index contributed by atoms with van der Waals surface area (Å²) in [5.74, 6) is 1.45. The molecule has 2 aromatic carbocycles. The van der Waals surface area contributed by atoms with Gasteiger partial charge in [0.25, 0.3) is 0 Å². The first-order valence-corrected chi connectivity index (χ1v) is 10.2. The van der Waals surface area contributed by atoms with Crippen LogP contribution >= 0.6 is 11.6 Å². The molecular weight excluding hydrogens is 340 g/mol. The van der Waals surface area contributed by atoms with Gasteiger partial charge in [-0.15, -0.1) is 0 Å². The van der Waals surface area contributed by atoms with Gasteiger partial charge in [0.2, 0.25) is 0 Å². The number of benzene rings is 2. The molecule has 1 N–H and O–H groups in total. The fourth-order valence-corrected chi connectivity index (χ4v) is 5.28. The van der Waals surface area contributed by atoms with Gasteiger partial charge in [0.15, 0.2) is 0 Å². The quantitative estimate of drug-likeness (QED) is 0.657. The Hall–Kier alpha value is -1.77. The van der Waals surface area contributed by atoms with Crippen LogP contribution in [0.2, 0.25) is 5.02 Å². The fourth-order valence-electron chi connectivity index (χ4n) is 5.05. The number of para-hydroxylation sites is 1. The van der Waals surface area contributed by atoms with Gasteiger partial charge >= 0.3 is 0 Å². The maximum atomic E-state index is 6.33. The van der Waals surface area contributed by atoms with Crippen molar-refractivity contribution in [3.8, 4) is 0 Å². The highest BCUT2D eigenvalue weighted by molar-refractivity contribution is 6.35. The van der Waals surface area contributed by atoms with E-state index in [1.54, 1.807) is 11.1 Å². The fraction of sp³-hybridized carbons (Fsp3) is 0.391. The topological polar surface area (TPSA) is 19.0 Å². The van der Waals surface area contributed by atoms with Gasteiger partial charge < -0.3 is 9.88 Å². The zero-order valence-electron chi connectivity index (χ0n) is 15.0. The van der Waals surface area contributed by atoms with Crippen LogP contribution in [0.3, 0.4) is 0 Å². The number of H-pyrrole nitrogens is 1. The van der Waals surface area contributed by atoms with E-state index in [0.29, 0.717) is 5.92 Å². The number of nitrogens with one attached hydrogen (secondary N) is 1. The van der Waals surface area contributed by atoms with Crippen LogP contribution in [0.1, 0.15) is 35.4 Å². The van der Waals surface area contributed by atoms with Gasteiger partial charge in [-0.3, -0.25) is 0 Å². The minimum Gasteiger partial charge on any atom is -0.360 e. The number of hydrogen-bond acceptors (Lipinski definition) is 1. The summed E-state index contributed by atoms with van der Waals surface area (Å²) in [6.45, 7) is 3.68. The summed E-state index contributed by atoms with van der Waals surface area (Å²) in [4.78, 5) is 6.08. The van der Waals surface area contributed by atoms with E-state index >= 15 is 0 Å². The lowest BCUT2D eigenvalue weighted by molar-refractivity contribution is 0.185. The van der Waals surface area contributed by atoms with Gasteiger partial charge in [0, 0.05) is 18.1 Å². The molecule has 1 aromatic heterocycles. The standard InChI is InChI=1S/C23H25ClN2/c24-22-7-3-6-20-21(14-25-23(20)22)17-8-10-26(11-9-17)15-16-12-18-4-1-2-5-19(18)13-16/h1-7,14,16-17,25H,8-13,15H2. The number of fused-ring (bicyclic) bond motifs is 2. The van der Waals surface area contributed by atoms with Gasteiger partial charge in [-0.2, -0.15) is 0 Å². The molecule has 1 fully saturated rings. The molecule has 1 aliphatic heterocycles. The molecule has 0 unspecified atom stereocenters. The number of aromatic nitrogens is 1. The summed E-state index contributed by atoms with van der Waals surface area (Å²) in [5, 5.41) is 2.13. The second-order valence-electron chi connectivity index (χ2n) is 8.02. The highest BCUT2D eigenvalue weighted by atomic mass is 35.5. The summed E-state index contributed by atoms with van der Waals surface area (Å²) in [5.41, 5.74) is 5.69. The molecule has 0 bridgehead atoms. The van der Waals surface area contributed by atoms with Crippen LogP contribution < -0.4 is 0 Å². The van der Waals surface area contributed by atoms with Gasteiger partial charge in [-0.1, -0.05) is 48.0 Å². The van der Waals surface area contributed by atoms with Crippen molar-refractivity contribution < 1.29 is 0 Å². The molecule has 1 saturated heterocycles. The maximum absolute atomic E-state index is 6.33. The monoisotopic (exact) mass is 364 g/mol. The number of hydrogen-bond donors (Lipinski definition) is 1. The Kier molecular flexibility index (Phi) is 4.26. The maximum Gasteiger partial charge on any atom is 0.0647 e. The lowest BCUT2D eigenvalue weighted by atomic mass is 9.88. The first-order valence-electron chi connectivity index (χ1n) is 9.82. The van der Waals surface area contributed by atoms with E-state index in [2.05, 4.69) is 52.5 Å². The number of halogens is 1. The molecule has 0 atom stereocenters. The minimum absolute atomic E-state index is 0.652. The molecule has 1 aliphatic carbocycles. The lowest BCUT2D eigenvalue weighted by Gasteiger charge is -2.33. The Balaban J connectivity index is 1.22. The largest absolute Gasteiger partial charge is 0.360 e. The highest BCUT2D eigenvalue weighted by Gasteiger charge is 2.27. The second kappa shape index (κ2) is 6.75. The molecule has 0 saturated carbocycles. The number of aromatic amines is 1. The smallest absolute Gasteiger partial charge is 0.0647 e. The molecule has 0 radical (unpaired) electrons. The predicted molar refractivity (Wildman–Crippen MR) is 109 cm³/mol. The Morgan fingerprint density at radius 1 is 0.962 bits per heavy atom. The van der Waals surface area contributed by atoms with Gasteiger partial charge in [-0.05, 0) is 73.4 Å². The van der Waals surface area contributed by atoms with E-state index in [9.17, 15) is 0 Å². The van der Waals surface area contributed by atoms with E-state index in [-0.39, 0.29) is 0 Å². The number of rotatable bonds is 3. The van der Waals surface area contributed by atoms with E-state index in [0.717, 1.165) is 16.5 Å². The first-order chi connectivity index (χ1) is 12.8. The summed E-state index contributed by atoms with van der Waals surface area (Å²) in [6.07, 6.45) is 7.21. The van der Waals surface area contributed by atoms with Crippen molar-refractivity contribution in [3.63, 3.8) is 0 Å². The molecule has 2 heterocycles. The molecule has 2 nitrogen and oxygen atoms in total. The molecule has 2 aliphatic rings. The van der Waals surface area contributed by atoms with Crippen LogP contribution in [0.4, 0.5) is 0 Å². The van der Waals surface area contributed by atoms with Crippen molar-refractivity contribution >= 4 is 22.5 Å². The number of nitrogens with zero attached hydrogens (tertiary/aromatic N) is 1. The van der Waals surface area contributed by atoms with Crippen molar-refractivity contribution in [1.29, 1.82) is 0 Å². The molecule has 0 spiro atoms. The van der Waals surface area contributed by atoms with E-state index in [1.807, 2.05) is 6.07 Å².